The van der Waals surface area contributed by atoms with Gasteiger partial charge < -0.3 is 30.1 Å². The highest BCUT2D eigenvalue weighted by Crippen LogP contribution is 2.39. The van der Waals surface area contributed by atoms with Crippen molar-refractivity contribution < 1.29 is 34.4 Å². The normalized spacial score (nSPS) is 20.4. The summed E-state index contributed by atoms with van der Waals surface area (Å²) in [5.41, 5.74) is 3.85. The molecule has 4 rings (SSSR count). The average Bonchev–Trinajstić information content (AvgIpc) is 2.99. The summed E-state index contributed by atoms with van der Waals surface area (Å²) in [6.45, 7) is 2.48. The lowest BCUT2D eigenvalue weighted by molar-refractivity contribution is -0.253. The number of amides is 1. The Morgan fingerprint density at radius 1 is 0.976 bits per heavy atom. The van der Waals surface area contributed by atoms with Crippen molar-refractivity contribution >= 4 is 17.6 Å². The summed E-state index contributed by atoms with van der Waals surface area (Å²) in [5, 5.41) is 32.0. The van der Waals surface area contributed by atoms with E-state index in [1.54, 1.807) is 18.2 Å². The topological polar surface area (TPSA) is 129 Å². The molecule has 0 radical (unpaired) electrons. The van der Waals surface area contributed by atoms with E-state index in [-0.39, 0.29) is 43.6 Å². The Balaban J connectivity index is 1.52. The van der Waals surface area contributed by atoms with Gasteiger partial charge in [-0.25, -0.2) is 0 Å². The van der Waals surface area contributed by atoms with Gasteiger partial charge >= 0.3 is 5.97 Å². The van der Waals surface area contributed by atoms with E-state index in [4.69, 9.17) is 14.6 Å². The SMILES string of the molecule is C[C@H]([C@@H](O)c1ccccc1)N(C)C[C@H]1C[C@@H](c2ccc(CO)cc2)O[C@@H](c2cccc(NC(=O)CCC(=O)O)c2)O1. The van der Waals surface area contributed by atoms with Gasteiger partial charge in [-0.3, -0.25) is 14.5 Å². The number of aliphatic hydroxyl groups excluding tert-OH is 2. The van der Waals surface area contributed by atoms with Gasteiger partial charge in [-0.05, 0) is 42.8 Å². The van der Waals surface area contributed by atoms with Gasteiger partial charge in [-0.15, -0.1) is 0 Å². The van der Waals surface area contributed by atoms with Crippen molar-refractivity contribution in [1.29, 1.82) is 0 Å². The molecular formula is C32H38N2O7. The van der Waals surface area contributed by atoms with Crippen molar-refractivity contribution in [3.63, 3.8) is 0 Å². The highest BCUT2D eigenvalue weighted by Gasteiger charge is 2.34. The van der Waals surface area contributed by atoms with E-state index in [9.17, 15) is 19.8 Å². The standard InChI is InChI=1S/C32H38N2O7/c1-21(31(39)24-7-4-3-5-8-24)34(2)19-27-18-28(23-13-11-22(20-35)12-14-23)41-32(40-27)25-9-6-10-26(17-25)33-29(36)15-16-30(37)38/h3-14,17,21,27-28,31-32,35,39H,15-16,18-20H2,1-2H3,(H,33,36)(H,37,38)/t21-,27-,28+,31-,32+/m1/s1. The second-order valence-electron chi connectivity index (χ2n) is 10.5. The van der Waals surface area contributed by atoms with Crippen molar-refractivity contribution in [3.05, 3.63) is 101 Å². The molecule has 1 aliphatic heterocycles. The Kier molecular flexibility index (Phi) is 10.6. The number of likely N-dealkylation sites (N-methyl/N-ethyl adjacent to an activating group) is 1. The van der Waals surface area contributed by atoms with E-state index in [0.29, 0.717) is 24.2 Å². The fraction of sp³-hybridized carbons (Fsp3) is 0.375. The summed E-state index contributed by atoms with van der Waals surface area (Å²) in [4.78, 5) is 25.1. The lowest BCUT2D eigenvalue weighted by atomic mass is 9.98. The number of benzene rings is 3. The van der Waals surface area contributed by atoms with Gasteiger partial charge in [0.2, 0.25) is 5.91 Å². The maximum absolute atomic E-state index is 12.2. The van der Waals surface area contributed by atoms with Gasteiger partial charge in [0.05, 0.1) is 31.3 Å². The van der Waals surface area contributed by atoms with E-state index >= 15 is 0 Å². The molecule has 0 saturated carbocycles. The van der Waals surface area contributed by atoms with Crippen LogP contribution in [0.25, 0.3) is 0 Å². The summed E-state index contributed by atoms with van der Waals surface area (Å²) < 4.78 is 12.9. The largest absolute Gasteiger partial charge is 0.481 e. The smallest absolute Gasteiger partial charge is 0.303 e. The molecule has 0 aromatic heterocycles. The van der Waals surface area contributed by atoms with Crippen molar-refractivity contribution in [1.82, 2.24) is 4.90 Å². The minimum absolute atomic E-state index is 0.0441. The second-order valence-corrected chi connectivity index (χ2v) is 10.5. The highest BCUT2D eigenvalue weighted by molar-refractivity contribution is 5.92. The van der Waals surface area contributed by atoms with Gasteiger partial charge in [0.15, 0.2) is 6.29 Å². The molecular weight excluding hydrogens is 524 g/mol. The number of carbonyl (C=O) groups is 2. The summed E-state index contributed by atoms with van der Waals surface area (Å²) >= 11 is 0. The molecule has 0 aliphatic carbocycles. The van der Waals surface area contributed by atoms with E-state index in [1.807, 2.05) is 74.6 Å². The predicted molar refractivity (Wildman–Crippen MR) is 154 cm³/mol. The van der Waals surface area contributed by atoms with Crippen LogP contribution in [0.1, 0.15) is 66.9 Å². The van der Waals surface area contributed by atoms with Crippen LogP contribution < -0.4 is 5.32 Å². The molecule has 0 spiro atoms. The van der Waals surface area contributed by atoms with Gasteiger partial charge in [0, 0.05) is 36.7 Å². The molecule has 0 unspecified atom stereocenters. The Bertz CT molecular complexity index is 1280. The van der Waals surface area contributed by atoms with Gasteiger partial charge in [-0.2, -0.15) is 0 Å². The van der Waals surface area contributed by atoms with Crippen LogP contribution in [0.2, 0.25) is 0 Å². The minimum atomic E-state index is -1.03. The third-order valence-corrected chi connectivity index (χ3v) is 7.41. The first-order valence-corrected chi connectivity index (χ1v) is 13.8. The first-order chi connectivity index (χ1) is 19.7. The third-order valence-electron chi connectivity index (χ3n) is 7.41. The Morgan fingerprint density at radius 2 is 1.71 bits per heavy atom. The molecule has 218 valence electrons. The Morgan fingerprint density at radius 3 is 2.39 bits per heavy atom. The molecule has 3 aromatic carbocycles. The van der Waals surface area contributed by atoms with Crippen LogP contribution in [0, 0.1) is 0 Å². The summed E-state index contributed by atoms with van der Waals surface area (Å²) in [7, 11) is 1.96. The molecule has 1 aliphatic rings. The number of nitrogens with one attached hydrogen (secondary N) is 1. The number of hydrogen-bond acceptors (Lipinski definition) is 7. The van der Waals surface area contributed by atoms with Crippen LogP contribution in [-0.4, -0.2) is 57.8 Å². The zero-order valence-corrected chi connectivity index (χ0v) is 23.3. The van der Waals surface area contributed by atoms with E-state index < -0.39 is 18.4 Å². The van der Waals surface area contributed by atoms with Crippen LogP contribution in [0.15, 0.2) is 78.9 Å². The number of carboxylic acid groups (broad SMARTS) is 1. The summed E-state index contributed by atoms with van der Waals surface area (Å²) in [5.74, 6) is -1.42. The van der Waals surface area contributed by atoms with Gasteiger partial charge in [0.25, 0.3) is 0 Å². The van der Waals surface area contributed by atoms with Crippen LogP contribution in [0.4, 0.5) is 5.69 Å². The van der Waals surface area contributed by atoms with E-state index in [2.05, 4.69) is 10.2 Å². The molecule has 3 aromatic rings. The number of rotatable bonds is 12. The maximum Gasteiger partial charge on any atom is 0.303 e. The van der Waals surface area contributed by atoms with Crippen molar-refractivity contribution in [3.8, 4) is 0 Å². The third kappa shape index (κ3) is 8.45. The van der Waals surface area contributed by atoms with Crippen LogP contribution >= 0.6 is 0 Å². The summed E-state index contributed by atoms with van der Waals surface area (Å²) in [6, 6.07) is 24.2. The van der Waals surface area contributed by atoms with Gasteiger partial charge in [0.1, 0.15) is 0 Å². The fourth-order valence-corrected chi connectivity index (χ4v) is 4.90. The Labute approximate surface area is 240 Å². The summed E-state index contributed by atoms with van der Waals surface area (Å²) in [6.07, 6.45) is -1.70. The molecule has 9 heteroatoms. The van der Waals surface area contributed by atoms with Crippen LogP contribution in [-0.2, 0) is 25.7 Å². The number of anilines is 1. The number of ether oxygens (including phenoxy) is 2. The van der Waals surface area contributed by atoms with Crippen molar-refractivity contribution in [2.45, 2.75) is 63.4 Å². The lowest BCUT2D eigenvalue weighted by Gasteiger charge is -2.39. The van der Waals surface area contributed by atoms with Crippen LogP contribution in [0.5, 0.6) is 0 Å². The second kappa shape index (κ2) is 14.3. The molecule has 0 bridgehead atoms. The molecule has 1 amide bonds. The minimum Gasteiger partial charge on any atom is -0.481 e. The fourth-order valence-electron chi connectivity index (χ4n) is 4.90. The molecule has 4 N–H and O–H groups in total. The first kappa shape index (κ1) is 30.4. The van der Waals surface area contributed by atoms with Crippen molar-refractivity contribution in [2.75, 3.05) is 18.9 Å². The zero-order chi connectivity index (χ0) is 29.4. The Hall–Kier alpha value is -3.60. The quantitative estimate of drug-likeness (QED) is 0.253. The molecule has 1 fully saturated rings. The first-order valence-electron chi connectivity index (χ1n) is 13.8. The van der Waals surface area contributed by atoms with Crippen molar-refractivity contribution in [2.24, 2.45) is 0 Å². The number of carbonyl (C=O) groups excluding carboxylic acids is 1. The molecule has 1 heterocycles. The monoisotopic (exact) mass is 562 g/mol. The van der Waals surface area contributed by atoms with Crippen LogP contribution in [0.3, 0.4) is 0 Å². The number of aliphatic carboxylic acids is 1. The molecule has 9 nitrogen and oxygen atoms in total. The highest BCUT2D eigenvalue weighted by atomic mass is 16.7. The molecule has 41 heavy (non-hydrogen) atoms. The van der Waals surface area contributed by atoms with Gasteiger partial charge in [-0.1, -0.05) is 66.7 Å². The maximum atomic E-state index is 12.2. The molecule has 1 saturated heterocycles. The van der Waals surface area contributed by atoms with E-state index in [1.165, 1.54) is 0 Å². The molecule has 5 atom stereocenters. The lowest BCUT2D eigenvalue weighted by Crippen LogP contribution is -2.43. The number of hydrogen-bond donors (Lipinski definition) is 4. The number of aliphatic hydroxyl groups is 2. The zero-order valence-electron chi connectivity index (χ0n) is 23.3. The number of nitrogens with zero attached hydrogens (tertiary/aromatic N) is 1. The average molecular weight is 563 g/mol. The number of carboxylic acids is 1. The predicted octanol–water partition coefficient (Wildman–Crippen LogP) is 4.58. The van der Waals surface area contributed by atoms with E-state index in [0.717, 1.165) is 16.7 Å².